The number of likely N-dealkylation sites (tertiary alicyclic amines) is 1. The molecule has 1 aromatic heterocycles. The molecular formula is C45H53N4O8P. The van der Waals surface area contributed by atoms with Gasteiger partial charge < -0.3 is 34.3 Å². The third-order valence-corrected chi connectivity index (χ3v) is 14.1. The Balaban J connectivity index is 1.22. The average molecular weight is 809 g/mol. The number of carbonyl (C=O) groups is 3. The Morgan fingerprint density at radius 2 is 1.66 bits per heavy atom. The van der Waals surface area contributed by atoms with Crippen LogP contribution in [0.4, 0.5) is 4.79 Å². The lowest BCUT2D eigenvalue weighted by molar-refractivity contribution is -0.142. The van der Waals surface area contributed by atoms with Crippen molar-refractivity contribution in [3.8, 4) is 28.5 Å². The molecule has 3 aromatic carbocycles. The van der Waals surface area contributed by atoms with Crippen molar-refractivity contribution in [2.24, 2.45) is 11.3 Å². The molecule has 58 heavy (non-hydrogen) atoms. The molecule has 0 bridgehead atoms. The summed E-state index contributed by atoms with van der Waals surface area (Å²) in [5.41, 5.74) is 1.45. The first-order chi connectivity index (χ1) is 27.7. The van der Waals surface area contributed by atoms with Crippen LogP contribution in [0.2, 0.25) is 0 Å². The number of aromatic nitrogens is 1. The highest BCUT2D eigenvalue weighted by atomic mass is 31.2. The number of pyridine rings is 1. The molecule has 3 unspecified atom stereocenters. The van der Waals surface area contributed by atoms with E-state index < -0.39 is 54.2 Å². The highest BCUT2D eigenvalue weighted by molar-refractivity contribution is 7.60. The zero-order valence-electron chi connectivity index (χ0n) is 33.8. The number of benzene rings is 3. The minimum absolute atomic E-state index is 0.0334. The Morgan fingerprint density at radius 1 is 0.966 bits per heavy atom. The van der Waals surface area contributed by atoms with Crippen molar-refractivity contribution in [1.29, 1.82) is 0 Å². The minimum Gasteiger partial charge on any atom is -0.497 e. The Labute approximate surface area is 340 Å². The van der Waals surface area contributed by atoms with Gasteiger partial charge in [-0.2, -0.15) is 0 Å². The van der Waals surface area contributed by atoms with Gasteiger partial charge in [-0.1, -0.05) is 75.4 Å². The van der Waals surface area contributed by atoms with Gasteiger partial charge in [0.2, 0.25) is 11.8 Å². The summed E-state index contributed by atoms with van der Waals surface area (Å²) in [7, 11) is -1.97. The van der Waals surface area contributed by atoms with Crippen molar-refractivity contribution in [3.05, 3.63) is 97.6 Å². The fourth-order valence-corrected chi connectivity index (χ4v) is 10.4. The molecule has 2 aliphatic carbocycles. The van der Waals surface area contributed by atoms with Gasteiger partial charge in [0.05, 0.1) is 24.9 Å². The molecule has 7 rings (SSSR count). The number of alkyl carbamates (subject to hydrolysis) is 1. The van der Waals surface area contributed by atoms with E-state index in [2.05, 4.69) is 17.2 Å². The molecule has 1 aliphatic heterocycles. The van der Waals surface area contributed by atoms with E-state index in [-0.39, 0.29) is 25.0 Å². The summed E-state index contributed by atoms with van der Waals surface area (Å²) in [5, 5.41) is 5.45. The zero-order valence-corrected chi connectivity index (χ0v) is 34.7. The van der Waals surface area contributed by atoms with E-state index in [1.54, 1.807) is 37.5 Å². The topological polar surface area (TPSA) is 145 Å². The molecule has 3 amide bonds. The maximum Gasteiger partial charge on any atom is 0.408 e. The van der Waals surface area contributed by atoms with E-state index in [0.717, 1.165) is 36.6 Å². The molecule has 306 valence electrons. The molecule has 2 N–H and O–H groups in total. The molecule has 12 nitrogen and oxygen atoms in total. The third kappa shape index (κ3) is 8.58. The third-order valence-electron chi connectivity index (χ3n) is 11.5. The Kier molecular flexibility index (Phi) is 11.6. The highest BCUT2D eigenvalue weighted by Crippen LogP contribution is 2.69. The first-order valence-corrected chi connectivity index (χ1v) is 22.0. The maximum atomic E-state index is 14.8. The second-order valence-electron chi connectivity index (χ2n) is 16.7. The molecule has 3 fully saturated rings. The van der Waals surface area contributed by atoms with Crippen LogP contribution in [0.5, 0.6) is 17.2 Å². The zero-order chi connectivity index (χ0) is 41.2. The number of nitrogens with zero attached hydrogens (tertiary/aromatic N) is 2. The van der Waals surface area contributed by atoms with Crippen molar-refractivity contribution in [2.45, 2.75) is 88.9 Å². The lowest BCUT2D eigenvalue weighted by atomic mass is 9.85. The molecule has 1 saturated heterocycles. The fraction of sp³-hybridized carbons (Fsp3) is 0.422. The molecule has 4 aromatic rings. The minimum atomic E-state index is -3.56. The molecule has 6 atom stereocenters. The number of methoxy groups -OCH3 is 1. The van der Waals surface area contributed by atoms with Gasteiger partial charge in [-0.3, -0.25) is 14.2 Å². The number of fused-ring (bicyclic) bond motifs is 1. The summed E-state index contributed by atoms with van der Waals surface area (Å²) >= 11 is 0. The Morgan fingerprint density at radius 3 is 2.29 bits per heavy atom. The Hall–Kier alpha value is -5.35. The lowest BCUT2D eigenvalue weighted by Gasteiger charge is -2.36. The predicted molar refractivity (Wildman–Crippen MR) is 223 cm³/mol. The number of para-hydroxylation sites is 1. The van der Waals surface area contributed by atoms with Gasteiger partial charge in [0, 0.05) is 42.1 Å². The van der Waals surface area contributed by atoms with Crippen molar-refractivity contribution >= 4 is 36.2 Å². The molecule has 0 radical (unpaired) electrons. The normalized spacial score (nSPS) is 23.3. The molecular weight excluding hydrogens is 755 g/mol. The van der Waals surface area contributed by atoms with E-state index in [0.29, 0.717) is 34.9 Å². The molecule has 0 spiro atoms. The first-order valence-electron chi connectivity index (χ1n) is 20.0. The number of nitrogens with one attached hydrogen (secondary N) is 2. The van der Waals surface area contributed by atoms with Crippen molar-refractivity contribution in [2.75, 3.05) is 20.3 Å². The van der Waals surface area contributed by atoms with Crippen LogP contribution in [-0.2, 0) is 18.9 Å². The standard InChI is InChI=1S/C45H53N4O8P/c1-7-30-27-45(30,58(6,53)57-32-20-12-9-13-21-32)48-41(50)38-25-34(28-49(38)42(51)40(44(2,3)4)47-43(52)56-31-18-14-15-19-31)55-39-26-36(29-16-10-8-11-17-29)46-37-24-33(54-5)22-23-35(37)39/h7-13,16-17,20-24,26,30-31,34,38,40H,1,14-15,18-19,25,27-28H2,2-6H3,(H,47,52)(H,48,50)/t30-,34?,38+,40?,45+,58?/m1/s1. The molecule has 2 heterocycles. The predicted octanol–water partition coefficient (Wildman–Crippen LogP) is 8.35. The lowest BCUT2D eigenvalue weighted by Crippen LogP contribution is -2.58. The summed E-state index contributed by atoms with van der Waals surface area (Å²) in [6.45, 7) is 11.1. The van der Waals surface area contributed by atoms with Crippen molar-refractivity contribution in [1.82, 2.24) is 20.5 Å². The van der Waals surface area contributed by atoms with E-state index in [1.165, 1.54) is 11.6 Å². The van der Waals surface area contributed by atoms with Crippen LogP contribution in [0.25, 0.3) is 22.2 Å². The summed E-state index contributed by atoms with van der Waals surface area (Å²) in [5.74, 6) is 0.298. The average Bonchev–Trinajstić information content (AvgIpc) is 3.46. The van der Waals surface area contributed by atoms with Gasteiger partial charge in [0.15, 0.2) is 0 Å². The second kappa shape index (κ2) is 16.5. The summed E-state index contributed by atoms with van der Waals surface area (Å²) in [6.07, 6.45) is 4.14. The fourth-order valence-electron chi connectivity index (χ4n) is 8.16. The number of hydrogen-bond acceptors (Lipinski definition) is 9. The molecule has 3 aliphatic rings. The van der Waals surface area contributed by atoms with Gasteiger partial charge in [0.25, 0.3) is 7.37 Å². The van der Waals surface area contributed by atoms with E-state index in [9.17, 15) is 18.9 Å². The van der Waals surface area contributed by atoms with Gasteiger partial charge in [0.1, 0.15) is 46.8 Å². The molecule has 13 heteroatoms. The van der Waals surface area contributed by atoms with Crippen LogP contribution in [0.3, 0.4) is 0 Å². The van der Waals surface area contributed by atoms with Gasteiger partial charge >= 0.3 is 6.09 Å². The summed E-state index contributed by atoms with van der Waals surface area (Å²) in [4.78, 5) is 49.2. The SMILES string of the molecule is C=C[C@@H]1C[C@]1(NC(=O)[C@@H]1CC(Oc2cc(-c3ccccc3)nc3cc(OC)ccc23)CN1C(=O)C(NC(=O)OC1CCCC1)C(C)(C)C)P(C)(=O)Oc1ccccc1. The smallest absolute Gasteiger partial charge is 0.408 e. The van der Waals surface area contributed by atoms with Gasteiger partial charge in [-0.05, 0) is 61.8 Å². The summed E-state index contributed by atoms with van der Waals surface area (Å²) in [6, 6.07) is 23.9. The van der Waals surface area contributed by atoms with Gasteiger partial charge in [-0.15, -0.1) is 6.58 Å². The quantitative estimate of drug-likeness (QED) is 0.101. The van der Waals surface area contributed by atoms with Crippen molar-refractivity contribution < 1.29 is 37.7 Å². The second-order valence-corrected chi connectivity index (χ2v) is 19.4. The van der Waals surface area contributed by atoms with Gasteiger partial charge in [-0.25, -0.2) is 9.78 Å². The van der Waals surface area contributed by atoms with E-state index in [1.807, 2.05) is 81.4 Å². The monoisotopic (exact) mass is 808 g/mol. The number of ether oxygens (including phenoxy) is 3. The van der Waals surface area contributed by atoms with Crippen LogP contribution in [0.15, 0.2) is 97.6 Å². The summed E-state index contributed by atoms with van der Waals surface area (Å²) < 4.78 is 38.6. The number of rotatable bonds is 13. The largest absolute Gasteiger partial charge is 0.497 e. The number of carbonyl (C=O) groups excluding carboxylic acids is 3. The van der Waals surface area contributed by atoms with E-state index in [4.69, 9.17) is 23.7 Å². The van der Waals surface area contributed by atoms with Crippen LogP contribution in [0, 0.1) is 11.3 Å². The first kappa shape index (κ1) is 40.8. The maximum absolute atomic E-state index is 14.8. The number of hydrogen-bond donors (Lipinski definition) is 2. The molecule has 2 saturated carbocycles. The van der Waals surface area contributed by atoms with Crippen LogP contribution < -0.4 is 24.6 Å². The highest BCUT2D eigenvalue weighted by Gasteiger charge is 2.66. The van der Waals surface area contributed by atoms with E-state index >= 15 is 0 Å². The van der Waals surface area contributed by atoms with Crippen LogP contribution in [-0.4, -0.2) is 77.7 Å². The van der Waals surface area contributed by atoms with Crippen molar-refractivity contribution in [3.63, 3.8) is 0 Å². The van der Waals surface area contributed by atoms with Crippen LogP contribution >= 0.6 is 7.37 Å². The Bertz CT molecular complexity index is 2210. The number of amides is 3. The van der Waals surface area contributed by atoms with Crippen LogP contribution in [0.1, 0.15) is 59.3 Å².